The van der Waals surface area contributed by atoms with Crippen molar-refractivity contribution < 1.29 is 8.42 Å². The van der Waals surface area contributed by atoms with E-state index in [0.717, 1.165) is 17.7 Å². The molecule has 1 aliphatic heterocycles. The molecule has 0 aromatic heterocycles. The van der Waals surface area contributed by atoms with Crippen LogP contribution in [-0.2, 0) is 16.6 Å². The molecule has 6 heteroatoms. The highest BCUT2D eigenvalue weighted by atomic mass is 32.2. The highest BCUT2D eigenvalue weighted by Crippen LogP contribution is 2.25. The summed E-state index contributed by atoms with van der Waals surface area (Å²) in [5, 5.41) is 3.45. The van der Waals surface area contributed by atoms with Crippen molar-refractivity contribution in [3.63, 3.8) is 0 Å². The van der Waals surface area contributed by atoms with E-state index in [1.54, 1.807) is 18.2 Å². The van der Waals surface area contributed by atoms with E-state index in [2.05, 4.69) is 10.0 Å². The fourth-order valence-electron chi connectivity index (χ4n) is 2.12. The lowest BCUT2D eigenvalue weighted by Gasteiger charge is -2.11. The predicted octanol–water partition coefficient (Wildman–Crippen LogP) is 1.58. The quantitative estimate of drug-likeness (QED) is 0.837. The molecule has 0 bridgehead atoms. The SMILES string of the molecule is CNCc1cccc(S(=O)(=O)NCC2CCCS2)c1. The Balaban J connectivity index is 2.03. The smallest absolute Gasteiger partial charge is 0.240 e. The molecule has 2 rings (SSSR count). The topological polar surface area (TPSA) is 58.2 Å². The molecule has 1 aromatic rings. The molecule has 1 unspecified atom stereocenters. The van der Waals surface area contributed by atoms with Crippen LogP contribution in [0.4, 0.5) is 0 Å². The van der Waals surface area contributed by atoms with Gasteiger partial charge in [-0.2, -0.15) is 11.8 Å². The van der Waals surface area contributed by atoms with Gasteiger partial charge in [0.15, 0.2) is 0 Å². The summed E-state index contributed by atoms with van der Waals surface area (Å²) in [6, 6.07) is 7.07. The molecule has 1 fully saturated rings. The van der Waals surface area contributed by atoms with Crippen LogP contribution in [0, 0.1) is 0 Å². The van der Waals surface area contributed by atoms with Gasteiger partial charge in [-0.15, -0.1) is 0 Å². The Labute approximate surface area is 119 Å². The Hall–Kier alpha value is -0.560. The maximum Gasteiger partial charge on any atom is 0.240 e. The van der Waals surface area contributed by atoms with Crippen LogP contribution in [0.25, 0.3) is 0 Å². The highest BCUT2D eigenvalue weighted by Gasteiger charge is 2.20. The first-order valence-corrected chi connectivity index (χ1v) is 9.00. The Bertz CT molecular complexity index is 511. The second kappa shape index (κ2) is 6.74. The zero-order valence-corrected chi connectivity index (χ0v) is 12.7. The fourth-order valence-corrected chi connectivity index (χ4v) is 4.58. The van der Waals surface area contributed by atoms with Crippen molar-refractivity contribution in [2.24, 2.45) is 0 Å². The van der Waals surface area contributed by atoms with E-state index in [4.69, 9.17) is 0 Å². The maximum absolute atomic E-state index is 12.2. The second-order valence-electron chi connectivity index (χ2n) is 4.66. The minimum absolute atomic E-state index is 0.350. The van der Waals surface area contributed by atoms with Gasteiger partial charge < -0.3 is 5.32 Å². The van der Waals surface area contributed by atoms with Gasteiger partial charge in [-0.05, 0) is 43.3 Å². The maximum atomic E-state index is 12.2. The van der Waals surface area contributed by atoms with E-state index in [1.165, 1.54) is 6.42 Å². The first kappa shape index (κ1) is 14.8. The molecule has 0 radical (unpaired) electrons. The van der Waals surface area contributed by atoms with Crippen molar-refractivity contribution in [2.45, 2.75) is 29.5 Å². The van der Waals surface area contributed by atoms with Crippen molar-refractivity contribution in [3.05, 3.63) is 29.8 Å². The van der Waals surface area contributed by atoms with Gasteiger partial charge in [-0.25, -0.2) is 13.1 Å². The third-order valence-corrected chi connectivity index (χ3v) is 5.93. The van der Waals surface area contributed by atoms with Gasteiger partial charge in [-0.3, -0.25) is 0 Å². The normalized spacial score (nSPS) is 19.7. The summed E-state index contributed by atoms with van der Waals surface area (Å²) in [6.07, 6.45) is 2.29. The molecule has 0 amide bonds. The van der Waals surface area contributed by atoms with E-state index in [9.17, 15) is 8.42 Å². The Morgan fingerprint density at radius 1 is 1.42 bits per heavy atom. The second-order valence-corrected chi connectivity index (χ2v) is 7.84. The average molecular weight is 300 g/mol. The summed E-state index contributed by atoms with van der Waals surface area (Å²) in [4.78, 5) is 0.350. The number of hydrogen-bond donors (Lipinski definition) is 2. The van der Waals surface area contributed by atoms with Crippen molar-refractivity contribution in [1.82, 2.24) is 10.0 Å². The minimum atomic E-state index is -3.38. The first-order valence-electron chi connectivity index (χ1n) is 6.46. The van der Waals surface area contributed by atoms with Crippen LogP contribution in [0.5, 0.6) is 0 Å². The monoisotopic (exact) mass is 300 g/mol. The summed E-state index contributed by atoms with van der Waals surface area (Å²) in [5.41, 5.74) is 0.973. The van der Waals surface area contributed by atoms with Gasteiger partial charge >= 0.3 is 0 Å². The molecule has 2 N–H and O–H groups in total. The molecular weight excluding hydrogens is 280 g/mol. The van der Waals surface area contributed by atoms with Gasteiger partial charge in [0.05, 0.1) is 4.90 Å². The predicted molar refractivity (Wildman–Crippen MR) is 79.9 cm³/mol. The van der Waals surface area contributed by atoms with Crippen molar-refractivity contribution in [2.75, 3.05) is 19.3 Å². The van der Waals surface area contributed by atoms with E-state index in [1.807, 2.05) is 24.9 Å². The van der Waals surface area contributed by atoms with Crippen LogP contribution in [0.3, 0.4) is 0 Å². The molecular formula is C13H20N2O2S2. The molecule has 1 atom stereocenters. The lowest BCUT2D eigenvalue weighted by Crippen LogP contribution is -2.29. The number of thioether (sulfide) groups is 1. The zero-order valence-electron chi connectivity index (χ0n) is 11.1. The molecule has 4 nitrogen and oxygen atoms in total. The molecule has 1 heterocycles. The number of benzene rings is 1. The largest absolute Gasteiger partial charge is 0.316 e. The van der Waals surface area contributed by atoms with Gasteiger partial charge in [0.1, 0.15) is 0 Å². The number of nitrogens with one attached hydrogen (secondary N) is 2. The van der Waals surface area contributed by atoms with E-state index < -0.39 is 10.0 Å². The van der Waals surface area contributed by atoms with E-state index in [0.29, 0.717) is 23.2 Å². The Kier molecular flexibility index (Phi) is 5.27. The molecule has 0 aliphatic carbocycles. The van der Waals surface area contributed by atoms with Gasteiger partial charge in [0.25, 0.3) is 0 Å². The van der Waals surface area contributed by atoms with Crippen LogP contribution in [-0.4, -0.2) is 33.0 Å². The minimum Gasteiger partial charge on any atom is -0.316 e. The number of hydrogen-bond acceptors (Lipinski definition) is 4. The summed E-state index contributed by atoms with van der Waals surface area (Å²) in [6.45, 7) is 1.20. The zero-order chi connectivity index (χ0) is 13.7. The molecule has 0 spiro atoms. The van der Waals surface area contributed by atoms with Gasteiger partial charge in [0.2, 0.25) is 10.0 Å². The van der Waals surface area contributed by atoms with Crippen molar-refractivity contribution in [3.8, 4) is 0 Å². The first-order chi connectivity index (χ1) is 9.12. The molecule has 106 valence electrons. The van der Waals surface area contributed by atoms with Crippen LogP contribution in [0.2, 0.25) is 0 Å². The molecule has 19 heavy (non-hydrogen) atoms. The van der Waals surface area contributed by atoms with Crippen molar-refractivity contribution in [1.29, 1.82) is 0 Å². The molecule has 1 saturated heterocycles. The van der Waals surface area contributed by atoms with Crippen LogP contribution >= 0.6 is 11.8 Å². The Morgan fingerprint density at radius 2 is 2.26 bits per heavy atom. The molecule has 1 aliphatic rings. The number of rotatable bonds is 6. The van der Waals surface area contributed by atoms with Crippen LogP contribution in [0.1, 0.15) is 18.4 Å². The lowest BCUT2D eigenvalue weighted by molar-refractivity contribution is 0.579. The fraction of sp³-hybridized carbons (Fsp3) is 0.538. The van der Waals surface area contributed by atoms with E-state index >= 15 is 0 Å². The van der Waals surface area contributed by atoms with Crippen LogP contribution < -0.4 is 10.0 Å². The van der Waals surface area contributed by atoms with Gasteiger partial charge in [0, 0.05) is 18.3 Å². The third kappa shape index (κ3) is 4.21. The summed E-state index contributed by atoms with van der Waals surface area (Å²) in [7, 11) is -1.54. The van der Waals surface area contributed by atoms with Crippen LogP contribution in [0.15, 0.2) is 29.2 Å². The summed E-state index contributed by atoms with van der Waals surface area (Å²) in [5.74, 6) is 1.14. The summed E-state index contributed by atoms with van der Waals surface area (Å²) >= 11 is 1.85. The average Bonchev–Trinajstić information content (AvgIpc) is 2.90. The Morgan fingerprint density at radius 3 is 2.95 bits per heavy atom. The molecule has 1 aromatic carbocycles. The lowest BCUT2D eigenvalue weighted by atomic mass is 10.2. The molecule has 0 saturated carbocycles. The van der Waals surface area contributed by atoms with Gasteiger partial charge in [-0.1, -0.05) is 12.1 Å². The third-order valence-electron chi connectivity index (χ3n) is 3.11. The van der Waals surface area contributed by atoms with Crippen molar-refractivity contribution >= 4 is 21.8 Å². The number of sulfonamides is 1. The highest BCUT2D eigenvalue weighted by molar-refractivity contribution is 8.00. The van der Waals surface area contributed by atoms with E-state index in [-0.39, 0.29) is 0 Å². The standard InChI is InChI=1S/C13H20N2O2S2/c1-14-9-11-4-2-6-13(8-11)19(16,17)15-10-12-5-3-7-18-12/h2,4,6,8,12,14-15H,3,5,7,9-10H2,1H3. The summed E-state index contributed by atoms with van der Waals surface area (Å²) < 4.78 is 27.1.